The van der Waals surface area contributed by atoms with Gasteiger partial charge in [-0.3, -0.25) is 4.79 Å². The average molecular weight is 474 g/mol. The van der Waals surface area contributed by atoms with Crippen LogP contribution in [0.15, 0.2) is 48.7 Å². The zero-order chi connectivity index (χ0) is 24.5. The zero-order valence-electron chi connectivity index (χ0n) is 20.2. The second-order valence-electron chi connectivity index (χ2n) is 8.48. The van der Waals surface area contributed by atoms with Crippen molar-refractivity contribution in [1.29, 1.82) is 0 Å². The van der Waals surface area contributed by atoms with Gasteiger partial charge in [0.15, 0.2) is 22.9 Å². The molecule has 2 heterocycles. The van der Waals surface area contributed by atoms with Gasteiger partial charge < -0.3 is 18.9 Å². The number of Topliss-reactive ketones (excluding diaryl/α,β-unsaturated/α-hetero) is 1. The lowest BCUT2D eigenvalue weighted by Crippen LogP contribution is -2.22. The largest absolute Gasteiger partial charge is 0.497 e. The molecule has 5 rings (SSSR count). The minimum absolute atomic E-state index is 0.0473. The van der Waals surface area contributed by atoms with Gasteiger partial charge >= 0.3 is 0 Å². The van der Waals surface area contributed by atoms with E-state index in [1.54, 1.807) is 34.6 Å². The van der Waals surface area contributed by atoms with Gasteiger partial charge in [-0.05, 0) is 47.7 Å². The number of nitrogens with zero attached hydrogens (tertiary/aromatic N) is 3. The summed E-state index contributed by atoms with van der Waals surface area (Å²) in [5, 5.41) is 4.86. The number of methoxy groups -OCH3 is 4. The highest BCUT2D eigenvalue weighted by atomic mass is 16.5. The molecule has 8 heteroatoms. The topological polar surface area (TPSA) is 84.2 Å². The Bertz CT molecular complexity index is 1390. The summed E-state index contributed by atoms with van der Waals surface area (Å²) in [4.78, 5) is 17.8. The number of ether oxygens (including phenoxy) is 4. The first-order valence-electron chi connectivity index (χ1n) is 11.4. The Kier molecular flexibility index (Phi) is 6.13. The fraction of sp³-hybridized carbons (Fsp3) is 0.296. The maximum Gasteiger partial charge on any atom is 0.166 e. The Morgan fingerprint density at radius 3 is 2.40 bits per heavy atom. The molecule has 1 unspecified atom stereocenters. The molecule has 1 aliphatic carbocycles. The maximum absolute atomic E-state index is 13.1. The molecule has 0 spiro atoms. The van der Waals surface area contributed by atoms with Gasteiger partial charge in [-0.15, -0.1) is 0 Å². The molecule has 180 valence electrons. The van der Waals surface area contributed by atoms with Gasteiger partial charge in [-0.25, -0.2) is 9.50 Å². The third-order valence-corrected chi connectivity index (χ3v) is 6.53. The van der Waals surface area contributed by atoms with Crippen molar-refractivity contribution in [3.63, 3.8) is 0 Å². The number of ketones is 1. The van der Waals surface area contributed by atoms with Crippen LogP contribution in [0.4, 0.5) is 0 Å². The number of hydrogen-bond acceptors (Lipinski definition) is 7. The normalized spacial score (nSPS) is 15.2. The van der Waals surface area contributed by atoms with E-state index in [-0.39, 0.29) is 11.7 Å². The molecule has 0 saturated heterocycles. The molecule has 0 fully saturated rings. The predicted octanol–water partition coefficient (Wildman–Crippen LogP) is 4.48. The van der Waals surface area contributed by atoms with Gasteiger partial charge in [0.1, 0.15) is 5.75 Å². The first-order valence-corrected chi connectivity index (χ1v) is 11.4. The van der Waals surface area contributed by atoms with Crippen molar-refractivity contribution in [3.05, 3.63) is 71.2 Å². The summed E-state index contributed by atoms with van der Waals surface area (Å²) in [5.74, 6) is 2.16. The molecular weight excluding hydrogens is 446 g/mol. The number of fused-ring (bicyclic) bond motifs is 3. The molecule has 0 amide bonds. The second-order valence-corrected chi connectivity index (χ2v) is 8.48. The number of aromatic nitrogens is 3. The summed E-state index contributed by atoms with van der Waals surface area (Å²) < 4.78 is 23.5. The Morgan fingerprint density at radius 1 is 0.943 bits per heavy atom. The standard InChI is InChI=1S/C27H27N3O5/c1-32-15-21-26(17-7-10-24(34-3)25(13-17)35-4)27-28-14-20-22(30(27)29-21)11-18(12-23(20)31)16-5-8-19(33-2)9-6-16/h5-10,13-14,18H,11-12,15H2,1-4H3. The van der Waals surface area contributed by atoms with E-state index in [0.29, 0.717) is 42.2 Å². The summed E-state index contributed by atoms with van der Waals surface area (Å²) in [5.41, 5.74) is 5.70. The monoisotopic (exact) mass is 473 g/mol. The van der Waals surface area contributed by atoms with Crippen molar-refractivity contribution in [1.82, 2.24) is 14.6 Å². The average Bonchev–Trinajstić information content (AvgIpc) is 3.27. The predicted molar refractivity (Wildman–Crippen MR) is 131 cm³/mol. The highest BCUT2D eigenvalue weighted by Crippen LogP contribution is 2.38. The van der Waals surface area contributed by atoms with Crippen LogP contribution in [-0.2, 0) is 17.8 Å². The first kappa shape index (κ1) is 22.9. The van der Waals surface area contributed by atoms with Gasteiger partial charge in [0.05, 0.1) is 50.5 Å². The molecule has 0 aliphatic heterocycles. The Balaban J connectivity index is 1.64. The summed E-state index contributed by atoms with van der Waals surface area (Å²) in [6.45, 7) is 0.303. The highest BCUT2D eigenvalue weighted by molar-refractivity contribution is 5.99. The Morgan fingerprint density at radius 2 is 1.71 bits per heavy atom. The van der Waals surface area contributed by atoms with E-state index in [2.05, 4.69) is 4.98 Å². The van der Waals surface area contributed by atoms with Crippen LogP contribution < -0.4 is 14.2 Å². The smallest absolute Gasteiger partial charge is 0.166 e. The van der Waals surface area contributed by atoms with Crippen molar-refractivity contribution in [2.24, 2.45) is 0 Å². The van der Waals surface area contributed by atoms with Crippen LogP contribution in [-0.4, -0.2) is 48.8 Å². The number of carbonyl (C=O) groups excluding carboxylic acids is 1. The van der Waals surface area contributed by atoms with Crippen LogP contribution in [0.1, 0.15) is 39.6 Å². The molecule has 0 N–H and O–H groups in total. The van der Waals surface area contributed by atoms with Gasteiger partial charge in [0, 0.05) is 19.7 Å². The number of carbonyl (C=O) groups is 1. The lowest BCUT2D eigenvalue weighted by Gasteiger charge is -2.24. The van der Waals surface area contributed by atoms with Crippen molar-refractivity contribution in [2.75, 3.05) is 28.4 Å². The van der Waals surface area contributed by atoms with E-state index in [0.717, 1.165) is 33.8 Å². The molecule has 4 aromatic rings. The summed E-state index contributed by atoms with van der Waals surface area (Å²) in [7, 11) is 6.49. The van der Waals surface area contributed by atoms with E-state index in [9.17, 15) is 4.79 Å². The van der Waals surface area contributed by atoms with Crippen molar-refractivity contribution < 1.29 is 23.7 Å². The molecule has 2 aromatic carbocycles. The SMILES string of the molecule is COCc1nn2c3c(cnc2c1-c1ccc(OC)c(OC)c1)C(=O)CC(c1ccc(OC)cc1)C3. The van der Waals surface area contributed by atoms with E-state index < -0.39 is 0 Å². The lowest BCUT2D eigenvalue weighted by molar-refractivity contribution is 0.0962. The molecule has 2 aromatic heterocycles. The minimum atomic E-state index is 0.0473. The van der Waals surface area contributed by atoms with E-state index in [4.69, 9.17) is 24.0 Å². The molecule has 35 heavy (non-hydrogen) atoms. The van der Waals surface area contributed by atoms with Gasteiger partial charge in [0.25, 0.3) is 0 Å². The van der Waals surface area contributed by atoms with Crippen LogP contribution in [0.3, 0.4) is 0 Å². The van der Waals surface area contributed by atoms with Crippen LogP contribution in [0.5, 0.6) is 17.2 Å². The summed E-state index contributed by atoms with van der Waals surface area (Å²) in [6.07, 6.45) is 2.78. The van der Waals surface area contributed by atoms with Crippen LogP contribution >= 0.6 is 0 Å². The third-order valence-electron chi connectivity index (χ3n) is 6.53. The third kappa shape index (κ3) is 4.00. The van der Waals surface area contributed by atoms with Gasteiger partial charge in [-0.2, -0.15) is 5.10 Å². The van der Waals surface area contributed by atoms with E-state index in [1.807, 2.05) is 47.0 Å². The van der Waals surface area contributed by atoms with Crippen molar-refractivity contribution in [3.8, 4) is 28.4 Å². The van der Waals surface area contributed by atoms with E-state index >= 15 is 0 Å². The highest BCUT2D eigenvalue weighted by Gasteiger charge is 2.30. The minimum Gasteiger partial charge on any atom is -0.497 e. The molecule has 0 saturated carbocycles. The summed E-state index contributed by atoms with van der Waals surface area (Å²) >= 11 is 0. The maximum atomic E-state index is 13.1. The fourth-order valence-corrected chi connectivity index (χ4v) is 4.78. The number of rotatable bonds is 7. The molecule has 0 bridgehead atoms. The Hall–Kier alpha value is -3.91. The fourth-order valence-electron chi connectivity index (χ4n) is 4.78. The van der Waals surface area contributed by atoms with Crippen LogP contribution in [0, 0.1) is 0 Å². The van der Waals surface area contributed by atoms with Crippen molar-refractivity contribution >= 4 is 11.4 Å². The van der Waals surface area contributed by atoms with Gasteiger partial charge in [-0.1, -0.05) is 18.2 Å². The molecule has 8 nitrogen and oxygen atoms in total. The first-order chi connectivity index (χ1) is 17.1. The molecule has 1 atom stereocenters. The van der Waals surface area contributed by atoms with Crippen LogP contribution in [0.25, 0.3) is 16.8 Å². The quantitative estimate of drug-likeness (QED) is 0.391. The van der Waals surface area contributed by atoms with Crippen LogP contribution in [0.2, 0.25) is 0 Å². The molecule has 1 aliphatic rings. The number of hydrogen-bond donors (Lipinski definition) is 0. The van der Waals surface area contributed by atoms with Gasteiger partial charge in [0.2, 0.25) is 0 Å². The molecule has 0 radical (unpaired) electrons. The Labute approximate surface area is 203 Å². The lowest BCUT2D eigenvalue weighted by atomic mass is 9.82. The number of benzene rings is 2. The molecular formula is C27H27N3O5. The van der Waals surface area contributed by atoms with Crippen molar-refractivity contribution in [2.45, 2.75) is 25.4 Å². The summed E-state index contributed by atoms with van der Waals surface area (Å²) in [6, 6.07) is 13.6. The second kappa shape index (κ2) is 9.38. The zero-order valence-corrected chi connectivity index (χ0v) is 20.2. The van der Waals surface area contributed by atoms with E-state index in [1.165, 1.54) is 0 Å².